The Bertz CT molecular complexity index is 748. The summed E-state index contributed by atoms with van der Waals surface area (Å²) in [5.41, 5.74) is 3.67. The van der Waals surface area contributed by atoms with Crippen molar-refractivity contribution in [2.75, 3.05) is 13.7 Å². The lowest BCUT2D eigenvalue weighted by atomic mass is 10.2. The van der Waals surface area contributed by atoms with Gasteiger partial charge in [-0.25, -0.2) is 5.43 Å². The van der Waals surface area contributed by atoms with Crippen LogP contribution in [-0.2, 0) is 0 Å². The first kappa shape index (κ1) is 17.9. The van der Waals surface area contributed by atoms with Crippen molar-refractivity contribution in [3.05, 3.63) is 64.0 Å². The third-order valence-corrected chi connectivity index (χ3v) is 3.70. The van der Waals surface area contributed by atoms with Gasteiger partial charge >= 0.3 is 0 Å². The van der Waals surface area contributed by atoms with Gasteiger partial charge in [0.1, 0.15) is 6.61 Å². The van der Waals surface area contributed by atoms with Crippen molar-refractivity contribution < 1.29 is 14.3 Å². The van der Waals surface area contributed by atoms with Crippen LogP contribution in [0.15, 0.2) is 54.4 Å². The summed E-state index contributed by atoms with van der Waals surface area (Å²) in [6.07, 6.45) is 6.28. The van der Waals surface area contributed by atoms with Crippen LogP contribution in [0, 0.1) is 3.57 Å². The van der Waals surface area contributed by atoms with E-state index in [9.17, 15) is 4.79 Å². The number of hydrogen-bond donors (Lipinski definition) is 1. The molecule has 1 heterocycles. The lowest BCUT2D eigenvalue weighted by Crippen LogP contribution is -2.17. The van der Waals surface area contributed by atoms with Gasteiger partial charge < -0.3 is 9.47 Å². The fourth-order valence-corrected chi connectivity index (χ4v) is 2.60. The minimum atomic E-state index is -0.327. The van der Waals surface area contributed by atoms with Crippen LogP contribution in [0.1, 0.15) is 15.9 Å². The highest BCUT2D eigenvalue weighted by Gasteiger charge is 2.10. The van der Waals surface area contributed by atoms with Crippen LogP contribution in [0.2, 0.25) is 0 Å². The molecule has 0 unspecified atom stereocenters. The number of benzene rings is 1. The summed E-state index contributed by atoms with van der Waals surface area (Å²) in [7, 11) is 1.57. The molecule has 0 spiro atoms. The second-order valence-corrected chi connectivity index (χ2v) is 5.74. The van der Waals surface area contributed by atoms with Gasteiger partial charge in [0.05, 0.1) is 22.5 Å². The van der Waals surface area contributed by atoms with Gasteiger partial charge in [0, 0.05) is 12.4 Å². The Morgan fingerprint density at radius 3 is 3.00 bits per heavy atom. The monoisotopic (exact) mass is 437 g/mol. The number of nitrogens with one attached hydrogen (secondary N) is 1. The van der Waals surface area contributed by atoms with E-state index in [4.69, 9.17) is 9.47 Å². The molecule has 0 bridgehead atoms. The lowest BCUT2D eigenvalue weighted by molar-refractivity contribution is 0.0955. The van der Waals surface area contributed by atoms with Crippen LogP contribution < -0.4 is 14.9 Å². The van der Waals surface area contributed by atoms with E-state index in [0.717, 1.165) is 9.13 Å². The van der Waals surface area contributed by atoms with E-state index in [1.807, 2.05) is 6.07 Å². The number of ether oxygens (including phenoxy) is 2. The normalized spacial score (nSPS) is 10.4. The Morgan fingerprint density at radius 2 is 2.33 bits per heavy atom. The summed E-state index contributed by atoms with van der Waals surface area (Å²) < 4.78 is 11.8. The van der Waals surface area contributed by atoms with Gasteiger partial charge in [-0.3, -0.25) is 9.78 Å². The molecule has 1 aromatic heterocycles. The van der Waals surface area contributed by atoms with Crippen molar-refractivity contribution in [1.82, 2.24) is 10.4 Å². The Kier molecular flexibility index (Phi) is 6.74. The van der Waals surface area contributed by atoms with Gasteiger partial charge in [-0.2, -0.15) is 5.10 Å². The molecule has 0 fully saturated rings. The quantitative estimate of drug-likeness (QED) is 0.313. The lowest BCUT2D eigenvalue weighted by Gasteiger charge is -2.12. The van der Waals surface area contributed by atoms with Gasteiger partial charge in [-0.1, -0.05) is 12.7 Å². The van der Waals surface area contributed by atoms with Crippen LogP contribution >= 0.6 is 22.6 Å². The van der Waals surface area contributed by atoms with Gasteiger partial charge in [-0.05, 0) is 52.4 Å². The molecule has 0 atom stereocenters. The highest BCUT2D eigenvalue weighted by Crippen LogP contribution is 2.33. The van der Waals surface area contributed by atoms with Crippen LogP contribution in [0.5, 0.6) is 11.5 Å². The van der Waals surface area contributed by atoms with Crippen molar-refractivity contribution in [2.45, 2.75) is 0 Å². The van der Waals surface area contributed by atoms with Gasteiger partial charge in [-0.15, -0.1) is 0 Å². The number of carbonyl (C=O) groups is 1. The largest absolute Gasteiger partial charge is 0.493 e. The summed E-state index contributed by atoms with van der Waals surface area (Å²) in [4.78, 5) is 15.8. The van der Waals surface area contributed by atoms with E-state index in [-0.39, 0.29) is 5.91 Å². The molecule has 1 amide bonds. The molecule has 0 aliphatic carbocycles. The second-order valence-electron chi connectivity index (χ2n) is 4.57. The topological polar surface area (TPSA) is 72.8 Å². The minimum absolute atomic E-state index is 0.327. The number of carbonyl (C=O) groups excluding carboxylic acids is 1. The predicted octanol–water partition coefficient (Wildman–Crippen LogP) is 3.02. The number of nitrogens with zero attached hydrogens (tertiary/aromatic N) is 2. The Morgan fingerprint density at radius 1 is 1.50 bits per heavy atom. The number of rotatable bonds is 7. The van der Waals surface area contributed by atoms with Gasteiger partial charge in [0.25, 0.3) is 5.91 Å². The summed E-state index contributed by atoms with van der Waals surface area (Å²) in [5.74, 6) is 0.908. The maximum atomic E-state index is 11.9. The van der Waals surface area contributed by atoms with Crippen molar-refractivity contribution in [3.8, 4) is 11.5 Å². The van der Waals surface area contributed by atoms with Crippen molar-refractivity contribution in [2.24, 2.45) is 5.10 Å². The van der Waals surface area contributed by atoms with Gasteiger partial charge in [0.15, 0.2) is 11.5 Å². The predicted molar refractivity (Wildman–Crippen MR) is 101 cm³/mol. The van der Waals surface area contributed by atoms with Crippen molar-refractivity contribution >= 4 is 34.7 Å². The molecule has 0 radical (unpaired) electrons. The third-order valence-electron chi connectivity index (χ3n) is 2.90. The first-order valence-corrected chi connectivity index (χ1v) is 8.08. The van der Waals surface area contributed by atoms with Crippen molar-refractivity contribution in [1.29, 1.82) is 0 Å². The fourth-order valence-electron chi connectivity index (χ4n) is 1.82. The molecule has 124 valence electrons. The Balaban J connectivity index is 2.10. The molecule has 1 N–H and O–H groups in total. The zero-order valence-corrected chi connectivity index (χ0v) is 15.2. The highest BCUT2D eigenvalue weighted by molar-refractivity contribution is 14.1. The first-order chi connectivity index (χ1) is 11.7. The van der Waals surface area contributed by atoms with Crippen LogP contribution in [0.4, 0.5) is 0 Å². The van der Waals surface area contributed by atoms with E-state index >= 15 is 0 Å². The van der Waals surface area contributed by atoms with E-state index in [0.29, 0.717) is 23.7 Å². The second kappa shape index (κ2) is 9.02. The first-order valence-electron chi connectivity index (χ1n) is 7.00. The maximum Gasteiger partial charge on any atom is 0.272 e. The van der Waals surface area contributed by atoms with Gasteiger partial charge in [0.2, 0.25) is 0 Å². The standard InChI is InChI=1S/C17H16IN3O3/c1-3-7-24-16-14(18)8-12(9-15(16)23-2)10-20-21-17(22)13-5-4-6-19-11-13/h3-6,8-11H,1,7H2,2H3,(H,21,22)/b20-10-. The fraction of sp³-hybridized carbons (Fsp3) is 0.118. The smallest absolute Gasteiger partial charge is 0.272 e. The molecule has 2 rings (SSSR count). The molecular formula is C17H16IN3O3. The average molecular weight is 437 g/mol. The number of pyridine rings is 1. The summed E-state index contributed by atoms with van der Waals surface area (Å²) in [6.45, 7) is 4.02. The number of hydrogen-bond acceptors (Lipinski definition) is 5. The molecule has 24 heavy (non-hydrogen) atoms. The van der Waals surface area contributed by atoms with Crippen LogP contribution in [-0.4, -0.2) is 30.8 Å². The van der Waals surface area contributed by atoms with Crippen molar-refractivity contribution in [3.63, 3.8) is 0 Å². The molecular weight excluding hydrogens is 421 g/mol. The number of halogens is 1. The zero-order chi connectivity index (χ0) is 17.4. The zero-order valence-electron chi connectivity index (χ0n) is 13.0. The van der Waals surface area contributed by atoms with E-state index in [1.54, 1.807) is 37.6 Å². The molecule has 2 aromatic rings. The molecule has 0 saturated heterocycles. The SMILES string of the molecule is C=CCOc1c(I)cc(/C=N\NC(=O)c2cccnc2)cc1OC. The van der Waals surface area contributed by atoms with E-state index < -0.39 is 0 Å². The summed E-state index contributed by atoms with van der Waals surface area (Å²) in [6, 6.07) is 7.00. The molecule has 0 aliphatic rings. The number of aromatic nitrogens is 1. The molecule has 1 aromatic carbocycles. The minimum Gasteiger partial charge on any atom is -0.493 e. The van der Waals surface area contributed by atoms with E-state index in [1.165, 1.54) is 12.4 Å². The summed E-state index contributed by atoms with van der Waals surface area (Å²) >= 11 is 2.15. The number of methoxy groups -OCH3 is 1. The Labute approximate surface area is 153 Å². The average Bonchev–Trinajstić information content (AvgIpc) is 2.61. The number of amides is 1. The Hall–Kier alpha value is -2.42. The molecule has 0 saturated carbocycles. The van der Waals surface area contributed by atoms with E-state index in [2.05, 4.69) is 44.7 Å². The molecule has 6 nitrogen and oxygen atoms in total. The molecule has 7 heteroatoms. The highest BCUT2D eigenvalue weighted by atomic mass is 127. The maximum absolute atomic E-state index is 11.9. The van der Waals surface area contributed by atoms with Crippen LogP contribution in [0.3, 0.4) is 0 Å². The third kappa shape index (κ3) is 4.79. The molecule has 0 aliphatic heterocycles. The number of hydrazone groups is 1. The van der Waals surface area contributed by atoms with Crippen LogP contribution in [0.25, 0.3) is 0 Å². The summed E-state index contributed by atoms with van der Waals surface area (Å²) in [5, 5.41) is 3.96.